The van der Waals surface area contributed by atoms with Crippen molar-refractivity contribution in [2.45, 2.75) is 33.2 Å². The monoisotopic (exact) mass is 456 g/mol. The van der Waals surface area contributed by atoms with Crippen molar-refractivity contribution in [1.29, 1.82) is 0 Å². The first kappa shape index (κ1) is 19.4. The number of carbonyl (C=O) groups is 1. The van der Waals surface area contributed by atoms with Crippen LogP contribution in [0.1, 0.15) is 37.6 Å². The Labute approximate surface area is 175 Å². The molecule has 4 aromatic rings. The summed E-state index contributed by atoms with van der Waals surface area (Å²) in [5.74, 6) is 0.720. The predicted molar refractivity (Wildman–Crippen MR) is 115 cm³/mol. The Balaban J connectivity index is 1.91. The number of ether oxygens (including phenoxy) is 1. The molecular weight excluding hydrogens is 436 g/mol. The lowest BCUT2D eigenvalue weighted by Gasteiger charge is -2.22. The average Bonchev–Trinajstić information content (AvgIpc) is 3.23. The third kappa shape index (κ3) is 3.72. The normalized spacial score (nSPS) is 12.7. The number of rotatable bonds is 5. The highest BCUT2D eigenvalue weighted by Gasteiger charge is 2.23. The van der Waals surface area contributed by atoms with E-state index in [0.29, 0.717) is 5.92 Å². The third-order valence-corrected chi connectivity index (χ3v) is 5.42. The molecule has 0 amide bonds. The Hall–Kier alpha value is -2.87. The molecule has 0 aliphatic heterocycles. The minimum atomic E-state index is -1.33. The molecule has 2 aromatic heterocycles. The van der Waals surface area contributed by atoms with Crippen molar-refractivity contribution in [2.75, 3.05) is 0 Å². The molecule has 0 bridgehead atoms. The Morgan fingerprint density at radius 1 is 1.31 bits per heavy atom. The van der Waals surface area contributed by atoms with Crippen LogP contribution in [0.2, 0.25) is 0 Å². The summed E-state index contributed by atoms with van der Waals surface area (Å²) in [5, 5.41) is 23.0. The van der Waals surface area contributed by atoms with Gasteiger partial charge in [-0.25, -0.2) is 4.79 Å². The first-order valence-corrected chi connectivity index (χ1v) is 10.1. The summed E-state index contributed by atoms with van der Waals surface area (Å²) >= 11 is 3.62. The van der Waals surface area contributed by atoms with Crippen LogP contribution in [0.15, 0.2) is 41.0 Å². The van der Waals surface area contributed by atoms with E-state index in [1.807, 2.05) is 29.9 Å². The van der Waals surface area contributed by atoms with E-state index in [0.717, 1.165) is 44.0 Å². The van der Waals surface area contributed by atoms with Gasteiger partial charge >= 0.3 is 6.16 Å². The van der Waals surface area contributed by atoms with Gasteiger partial charge < -0.3 is 9.84 Å². The maximum atomic E-state index is 10.9. The Bertz CT molecular complexity index is 1210. The first-order chi connectivity index (χ1) is 13.8. The molecule has 0 spiro atoms. The molecule has 4 rings (SSSR count). The van der Waals surface area contributed by atoms with Gasteiger partial charge in [-0.15, -0.1) is 0 Å². The molecule has 1 unspecified atom stereocenters. The van der Waals surface area contributed by atoms with Gasteiger partial charge in [-0.2, -0.15) is 10.2 Å². The van der Waals surface area contributed by atoms with Crippen LogP contribution < -0.4 is 4.74 Å². The molecule has 2 N–H and O–H groups in total. The fraction of sp³-hybridized carbons (Fsp3) is 0.286. The van der Waals surface area contributed by atoms with Gasteiger partial charge in [-0.1, -0.05) is 29.8 Å². The molecule has 150 valence electrons. The lowest BCUT2D eigenvalue weighted by atomic mass is 9.95. The van der Waals surface area contributed by atoms with E-state index in [9.17, 15) is 4.79 Å². The van der Waals surface area contributed by atoms with Gasteiger partial charge in [0.1, 0.15) is 5.75 Å². The van der Waals surface area contributed by atoms with E-state index in [4.69, 9.17) is 14.9 Å². The fourth-order valence-corrected chi connectivity index (χ4v) is 4.28. The van der Waals surface area contributed by atoms with Crippen molar-refractivity contribution < 1.29 is 14.6 Å². The smallest absolute Gasteiger partial charge is 0.449 e. The number of aromatic nitrogens is 4. The molecule has 0 aliphatic carbocycles. The van der Waals surface area contributed by atoms with Gasteiger partial charge in [-0.3, -0.25) is 9.78 Å². The van der Waals surface area contributed by atoms with E-state index in [2.05, 4.69) is 46.0 Å². The number of aryl methyl sites for hydroxylation is 1. The van der Waals surface area contributed by atoms with Crippen molar-refractivity contribution >= 4 is 43.9 Å². The zero-order valence-corrected chi connectivity index (χ0v) is 17.9. The van der Waals surface area contributed by atoms with E-state index < -0.39 is 6.16 Å². The summed E-state index contributed by atoms with van der Waals surface area (Å²) in [5.41, 5.74) is 3.85. The van der Waals surface area contributed by atoms with Gasteiger partial charge in [0.15, 0.2) is 0 Å². The lowest BCUT2D eigenvalue weighted by molar-refractivity contribution is 0.144. The number of hydrogen-bond acceptors (Lipinski definition) is 4. The molecule has 2 heterocycles. The molecular formula is C21H21BrN4O3. The predicted octanol–water partition coefficient (Wildman–Crippen LogP) is 5.68. The van der Waals surface area contributed by atoms with Crippen LogP contribution in [0.4, 0.5) is 4.79 Å². The highest BCUT2D eigenvalue weighted by atomic mass is 79.9. The quantitative estimate of drug-likeness (QED) is 0.297. The second kappa shape index (κ2) is 7.51. The van der Waals surface area contributed by atoms with Crippen molar-refractivity contribution in [3.63, 3.8) is 0 Å². The van der Waals surface area contributed by atoms with Gasteiger partial charge in [0, 0.05) is 20.8 Å². The molecule has 8 heteroatoms. The van der Waals surface area contributed by atoms with Crippen LogP contribution in [0, 0.1) is 12.8 Å². The Morgan fingerprint density at radius 2 is 2.10 bits per heavy atom. The number of hydrogen-bond donors (Lipinski definition) is 2. The molecule has 2 aromatic carbocycles. The molecule has 0 aliphatic rings. The number of halogens is 1. The highest BCUT2D eigenvalue weighted by Crippen LogP contribution is 2.36. The molecule has 7 nitrogen and oxygen atoms in total. The Kier molecular flexibility index (Phi) is 5.04. The van der Waals surface area contributed by atoms with Crippen LogP contribution in [-0.4, -0.2) is 31.2 Å². The molecule has 0 radical (unpaired) electrons. The van der Waals surface area contributed by atoms with Gasteiger partial charge in [0.05, 0.1) is 29.0 Å². The van der Waals surface area contributed by atoms with Crippen LogP contribution in [-0.2, 0) is 0 Å². The van der Waals surface area contributed by atoms with Gasteiger partial charge in [0.2, 0.25) is 0 Å². The van der Waals surface area contributed by atoms with Crippen molar-refractivity contribution in [2.24, 2.45) is 5.92 Å². The number of benzene rings is 2. The van der Waals surface area contributed by atoms with E-state index >= 15 is 0 Å². The minimum absolute atomic E-state index is 0.0158. The van der Waals surface area contributed by atoms with Crippen LogP contribution in [0.25, 0.3) is 21.8 Å². The van der Waals surface area contributed by atoms with E-state index in [1.165, 1.54) is 0 Å². The third-order valence-electron chi connectivity index (χ3n) is 4.96. The van der Waals surface area contributed by atoms with Crippen LogP contribution >= 0.6 is 15.9 Å². The summed E-state index contributed by atoms with van der Waals surface area (Å²) in [7, 11) is 0. The maximum absolute atomic E-state index is 10.9. The van der Waals surface area contributed by atoms with E-state index in [1.54, 1.807) is 12.1 Å². The average molecular weight is 457 g/mol. The second-order valence-electron chi connectivity index (χ2n) is 7.55. The summed E-state index contributed by atoms with van der Waals surface area (Å²) in [6, 6.07) is 9.38. The van der Waals surface area contributed by atoms with Crippen molar-refractivity contribution in [3.8, 4) is 5.75 Å². The fourth-order valence-electron chi connectivity index (χ4n) is 3.79. The van der Waals surface area contributed by atoms with Crippen LogP contribution in [0.3, 0.4) is 0 Å². The summed E-state index contributed by atoms with van der Waals surface area (Å²) in [6.45, 7) is 6.29. The molecule has 29 heavy (non-hydrogen) atoms. The maximum Gasteiger partial charge on any atom is 0.511 e. The summed E-state index contributed by atoms with van der Waals surface area (Å²) in [4.78, 5) is 10.9. The van der Waals surface area contributed by atoms with Crippen LogP contribution in [0.5, 0.6) is 5.75 Å². The van der Waals surface area contributed by atoms with Gasteiger partial charge in [-0.05, 0) is 49.6 Å². The van der Waals surface area contributed by atoms with Crippen molar-refractivity contribution in [1.82, 2.24) is 20.0 Å². The van der Waals surface area contributed by atoms with Crippen molar-refractivity contribution in [3.05, 3.63) is 52.3 Å². The number of carboxylic acid groups (broad SMARTS) is 1. The summed E-state index contributed by atoms with van der Waals surface area (Å²) in [6.07, 6.45) is 1.37. The highest BCUT2D eigenvalue weighted by molar-refractivity contribution is 9.10. The summed E-state index contributed by atoms with van der Waals surface area (Å²) < 4.78 is 7.83. The van der Waals surface area contributed by atoms with E-state index in [-0.39, 0.29) is 11.8 Å². The number of nitrogens with zero attached hydrogens (tertiary/aromatic N) is 3. The number of H-pyrrole nitrogens is 1. The SMILES string of the molecule is Cc1nn(C(CC(C)C)c2cc(Br)cc3cn[nH]c23)c2ccc(OC(=O)O)cc12. The molecule has 1 atom stereocenters. The minimum Gasteiger partial charge on any atom is -0.449 e. The Morgan fingerprint density at radius 3 is 2.83 bits per heavy atom. The number of aromatic amines is 1. The molecule has 0 fully saturated rings. The topological polar surface area (TPSA) is 93.0 Å². The first-order valence-electron chi connectivity index (χ1n) is 9.35. The number of nitrogens with one attached hydrogen (secondary N) is 1. The van der Waals surface area contributed by atoms with Gasteiger partial charge in [0.25, 0.3) is 0 Å². The second-order valence-corrected chi connectivity index (χ2v) is 8.47. The zero-order chi connectivity index (χ0) is 20.7. The lowest BCUT2D eigenvalue weighted by Crippen LogP contribution is -2.15. The number of fused-ring (bicyclic) bond motifs is 2. The molecule has 0 saturated heterocycles. The molecule has 0 saturated carbocycles. The standard InChI is InChI=1S/C21H21BrN4O3/c1-11(2)6-19(17-8-14(22)7-13-10-23-24-20(13)17)26-18-5-4-15(29-21(27)28)9-16(18)12(3)25-26/h4-5,7-11,19H,6H2,1-3H3,(H,23,24)(H,27,28). The largest absolute Gasteiger partial charge is 0.511 e. The zero-order valence-electron chi connectivity index (χ0n) is 16.3.